The van der Waals surface area contributed by atoms with Crippen molar-refractivity contribution in [1.82, 2.24) is 0 Å². The highest BCUT2D eigenvalue weighted by molar-refractivity contribution is 5.26. The molecule has 0 aliphatic heterocycles. The van der Waals surface area contributed by atoms with Gasteiger partial charge in [0, 0.05) is 0 Å². The van der Waals surface area contributed by atoms with Crippen molar-refractivity contribution in [2.75, 3.05) is 0 Å². The van der Waals surface area contributed by atoms with Gasteiger partial charge in [0.2, 0.25) is 0 Å². The Morgan fingerprint density at radius 2 is 0.156 bits per heavy atom. The van der Waals surface area contributed by atoms with Gasteiger partial charge in [0.25, 0.3) is 0 Å². The maximum atomic E-state index is 2.22. The summed E-state index contributed by atoms with van der Waals surface area (Å²) in [6, 6.07) is 127. The van der Waals surface area contributed by atoms with Crippen molar-refractivity contribution < 1.29 is 0 Å². The fourth-order valence-electron chi connectivity index (χ4n) is 9.47. The normalized spacial score (nSPS) is 7.38. The van der Waals surface area contributed by atoms with E-state index in [0.29, 0.717) is 0 Å². The first-order valence-corrected chi connectivity index (χ1v) is 50.4. The second-order valence-corrected chi connectivity index (χ2v) is 22.6. The molecule has 0 saturated carbocycles. The Kier molecular flexibility index (Phi) is 248. The summed E-state index contributed by atoms with van der Waals surface area (Å²) in [6.45, 7) is 78.6. The van der Waals surface area contributed by atoms with Crippen molar-refractivity contribution in [2.24, 2.45) is 5.92 Å². The van der Waals surface area contributed by atoms with Gasteiger partial charge in [-0.25, -0.2) is 0 Å². The van der Waals surface area contributed by atoms with Crippen LogP contribution in [0.25, 0.3) is 0 Å². The van der Waals surface area contributed by atoms with E-state index in [4.69, 9.17) is 0 Å². The van der Waals surface area contributed by atoms with Gasteiger partial charge in [-0.15, -0.1) is 0 Å². The smallest absolute Gasteiger partial charge is 0.0238 e. The maximum absolute atomic E-state index is 2.22. The van der Waals surface area contributed by atoms with Crippen molar-refractivity contribution in [3.8, 4) is 0 Å². The van der Waals surface area contributed by atoms with Crippen LogP contribution in [0.3, 0.4) is 0 Å². The van der Waals surface area contributed by atoms with E-state index in [1.54, 1.807) is 0 Å². The lowest BCUT2D eigenvalue weighted by Crippen LogP contribution is -1.89. The molecule has 0 saturated heterocycles. The molecular formula is C135H244. The zero-order chi connectivity index (χ0) is 98.1. The minimum atomic E-state index is 0. The first-order chi connectivity index (χ1) is 62.0. The Hall–Kier alpha value is -9.36. The highest BCUT2D eigenvalue weighted by atomic mass is 14.0. The minimum absolute atomic E-state index is 0. The second-order valence-electron chi connectivity index (χ2n) is 22.6. The predicted octanol–water partition coefficient (Wildman–Crippen LogP) is 47.7. The van der Waals surface area contributed by atoms with Gasteiger partial charge in [-0.1, -0.05) is 715 Å². The van der Waals surface area contributed by atoms with Crippen LogP contribution < -0.4 is 0 Å². The summed E-state index contributed by atoms with van der Waals surface area (Å²) >= 11 is 0. The Balaban J connectivity index is -0.0000000485. The van der Waals surface area contributed by atoms with Crippen LogP contribution in [-0.2, 0) is 77.0 Å². The summed E-state index contributed by atoms with van der Waals surface area (Å²) in [5.74, 6) is 0.884. The third kappa shape index (κ3) is 133. The molecule has 784 valence electrons. The quantitative estimate of drug-likeness (QED) is 0.0757. The average molecular weight is 1870 g/mol. The Morgan fingerprint density at radius 3 is 0.193 bits per heavy atom. The molecule has 12 aromatic carbocycles. The lowest BCUT2D eigenvalue weighted by molar-refractivity contribution is 0.626. The molecule has 0 unspecified atom stereocenters. The summed E-state index contributed by atoms with van der Waals surface area (Å²) in [6.07, 6.45) is 14.9. The average Bonchev–Trinajstić information content (AvgIpc) is 0.953. The topological polar surface area (TPSA) is 0 Å². The molecule has 0 heteroatoms. The highest BCUT2D eigenvalue weighted by Crippen LogP contribution is 2.13. The van der Waals surface area contributed by atoms with Crippen LogP contribution in [0.4, 0.5) is 0 Å². The van der Waals surface area contributed by atoms with Crippen molar-refractivity contribution in [3.05, 3.63) is 431 Å². The van der Waals surface area contributed by atoms with Gasteiger partial charge < -0.3 is 0 Å². The highest BCUT2D eigenvalue weighted by Gasteiger charge is 1.99. The number of benzene rings is 12. The van der Waals surface area contributed by atoms with Gasteiger partial charge in [0.05, 0.1) is 0 Å². The van der Waals surface area contributed by atoms with Gasteiger partial charge in [-0.2, -0.15) is 0 Å². The lowest BCUT2D eigenvalue weighted by atomic mass is 10.0. The van der Waals surface area contributed by atoms with Crippen LogP contribution >= 0.6 is 0 Å². The third-order valence-corrected chi connectivity index (χ3v) is 15.1. The number of hydrogen-bond acceptors (Lipinski definition) is 0. The standard InChI is InChI=1S/6C14H14.C5H12.18C2H6.10CH4/c6*1-3-7-13(8-4-1)11-12-14-9-5-2-6-10-14;1-4-5(2)3;18*1-2;;;;;;;;;;/h6*1-10H,11-12H2;5H,4H2,1-3H3;18*1-2H3;10*1H4. The van der Waals surface area contributed by atoms with Crippen LogP contribution in [-0.4, -0.2) is 0 Å². The van der Waals surface area contributed by atoms with Gasteiger partial charge in [0.15, 0.2) is 0 Å². The monoisotopic (exact) mass is 1870 g/mol. The van der Waals surface area contributed by atoms with Crippen LogP contribution in [0.1, 0.15) is 417 Å². The Morgan fingerprint density at radius 1 is 0.111 bits per heavy atom. The van der Waals surface area contributed by atoms with Crippen molar-refractivity contribution in [3.63, 3.8) is 0 Å². The van der Waals surface area contributed by atoms with E-state index >= 15 is 0 Å². The summed E-state index contributed by atoms with van der Waals surface area (Å²) in [5, 5.41) is 0. The third-order valence-electron chi connectivity index (χ3n) is 15.1. The van der Waals surface area contributed by atoms with Crippen molar-refractivity contribution in [2.45, 2.75) is 428 Å². The summed E-state index contributed by atoms with van der Waals surface area (Å²) in [7, 11) is 0. The molecule has 0 aliphatic rings. The molecule has 0 spiro atoms. The SMILES string of the molecule is C.C.C.C.C.C.C.C.C.C.CC.CC.CC.CC.CC.CC.CC.CC.CC.CC.CC.CC.CC.CC.CC.CC.CC.CC.CCC(C)C.c1ccc(CCc2ccccc2)cc1.c1ccc(CCc2ccccc2)cc1.c1ccc(CCc2ccccc2)cc1.c1ccc(CCc2ccccc2)cc1.c1ccc(CCc2ccccc2)cc1.c1ccc(CCc2ccccc2)cc1. The van der Waals surface area contributed by atoms with E-state index in [2.05, 4.69) is 385 Å². The second kappa shape index (κ2) is 181. The fraction of sp³-hybridized carbons (Fsp3) is 0.467. The number of hydrogen-bond donors (Lipinski definition) is 0. The zero-order valence-electron chi connectivity index (χ0n) is 89.4. The molecule has 0 N–H and O–H groups in total. The Bertz CT molecular complexity index is 2620. The van der Waals surface area contributed by atoms with Crippen molar-refractivity contribution >= 4 is 0 Å². The maximum Gasteiger partial charge on any atom is -0.0238 e. The molecular weight excluding hydrogens is 1620 g/mol. The van der Waals surface area contributed by atoms with E-state index in [0.717, 1.165) is 83.0 Å². The molecule has 0 nitrogen and oxygen atoms in total. The first kappa shape index (κ1) is 185. The van der Waals surface area contributed by atoms with E-state index in [1.807, 2.05) is 249 Å². The van der Waals surface area contributed by atoms with E-state index in [-0.39, 0.29) is 74.3 Å². The molecule has 135 heavy (non-hydrogen) atoms. The molecule has 12 rings (SSSR count). The molecule has 0 radical (unpaired) electrons. The molecule has 0 amide bonds. The molecule has 0 atom stereocenters. The fourth-order valence-corrected chi connectivity index (χ4v) is 9.47. The van der Waals surface area contributed by atoms with E-state index in [1.165, 1.54) is 73.2 Å². The van der Waals surface area contributed by atoms with Crippen LogP contribution in [0, 0.1) is 5.92 Å². The molecule has 0 aliphatic carbocycles. The van der Waals surface area contributed by atoms with Crippen LogP contribution in [0.2, 0.25) is 0 Å². The zero-order valence-corrected chi connectivity index (χ0v) is 89.4. The predicted molar refractivity (Wildman–Crippen MR) is 658 cm³/mol. The van der Waals surface area contributed by atoms with Crippen LogP contribution in [0.5, 0.6) is 0 Å². The molecule has 0 aromatic heterocycles. The largest absolute Gasteiger partial charge is 0.0776 e. The molecule has 0 bridgehead atoms. The first-order valence-electron chi connectivity index (χ1n) is 50.4. The van der Waals surface area contributed by atoms with Crippen LogP contribution in [0.15, 0.2) is 364 Å². The summed E-state index contributed by atoms with van der Waals surface area (Å²) in [4.78, 5) is 0. The van der Waals surface area contributed by atoms with Crippen molar-refractivity contribution in [1.29, 1.82) is 0 Å². The summed E-state index contributed by atoms with van der Waals surface area (Å²) < 4.78 is 0. The molecule has 0 heterocycles. The van der Waals surface area contributed by atoms with E-state index in [9.17, 15) is 0 Å². The molecule has 0 fully saturated rings. The van der Waals surface area contributed by atoms with E-state index < -0.39 is 0 Å². The van der Waals surface area contributed by atoms with Gasteiger partial charge in [0.1, 0.15) is 0 Å². The number of rotatable bonds is 19. The van der Waals surface area contributed by atoms with Gasteiger partial charge in [-0.3, -0.25) is 0 Å². The minimum Gasteiger partial charge on any atom is -0.0776 e. The lowest BCUT2D eigenvalue weighted by Gasteiger charge is -2.01. The van der Waals surface area contributed by atoms with Gasteiger partial charge in [-0.05, 0) is 150 Å². The van der Waals surface area contributed by atoms with Gasteiger partial charge >= 0.3 is 0 Å². The number of aryl methyl sites for hydroxylation is 12. The Labute approximate surface area is 858 Å². The molecule has 12 aromatic rings. The summed E-state index contributed by atoms with van der Waals surface area (Å²) in [5.41, 5.74) is 17.0.